The number of anilines is 1. The van der Waals surface area contributed by atoms with E-state index in [0.717, 1.165) is 11.1 Å². The SMILES string of the molecule is CNCc1cc(S(=O)(=O)Nc2ccncc2F)cs1. The minimum Gasteiger partial charge on any atom is -0.315 e. The summed E-state index contributed by atoms with van der Waals surface area (Å²) in [7, 11) is -1.99. The smallest absolute Gasteiger partial charge is 0.262 e. The van der Waals surface area contributed by atoms with Gasteiger partial charge in [0.05, 0.1) is 16.8 Å². The minimum absolute atomic E-state index is 0.114. The zero-order valence-electron chi connectivity index (χ0n) is 10.1. The summed E-state index contributed by atoms with van der Waals surface area (Å²) in [6, 6.07) is 2.83. The molecule has 2 aromatic heterocycles. The summed E-state index contributed by atoms with van der Waals surface area (Å²) in [5.74, 6) is -0.711. The van der Waals surface area contributed by atoms with Crippen LogP contribution in [-0.4, -0.2) is 20.4 Å². The molecule has 0 fully saturated rings. The first-order chi connectivity index (χ1) is 9.03. The molecule has 8 heteroatoms. The van der Waals surface area contributed by atoms with Gasteiger partial charge in [-0.25, -0.2) is 12.8 Å². The first-order valence-electron chi connectivity index (χ1n) is 5.37. The van der Waals surface area contributed by atoms with Gasteiger partial charge in [-0.1, -0.05) is 0 Å². The van der Waals surface area contributed by atoms with Gasteiger partial charge in [0.25, 0.3) is 10.0 Å². The van der Waals surface area contributed by atoms with Crippen molar-refractivity contribution < 1.29 is 12.8 Å². The number of pyridine rings is 1. The molecule has 0 aliphatic rings. The van der Waals surface area contributed by atoms with E-state index in [2.05, 4.69) is 15.0 Å². The van der Waals surface area contributed by atoms with Gasteiger partial charge in [0.2, 0.25) is 0 Å². The molecule has 2 aromatic rings. The summed E-state index contributed by atoms with van der Waals surface area (Å²) in [4.78, 5) is 4.57. The average molecular weight is 301 g/mol. The molecule has 0 spiro atoms. The third-order valence-electron chi connectivity index (χ3n) is 2.31. The number of nitrogens with one attached hydrogen (secondary N) is 2. The van der Waals surface area contributed by atoms with E-state index in [1.807, 2.05) is 0 Å². The number of rotatable bonds is 5. The van der Waals surface area contributed by atoms with Crippen molar-refractivity contribution in [2.75, 3.05) is 11.8 Å². The molecule has 2 rings (SSSR count). The van der Waals surface area contributed by atoms with Crippen molar-refractivity contribution in [2.45, 2.75) is 11.4 Å². The lowest BCUT2D eigenvalue weighted by atomic mass is 10.4. The Bertz CT molecular complexity index is 670. The third kappa shape index (κ3) is 3.28. The molecule has 0 saturated heterocycles. The van der Waals surface area contributed by atoms with Crippen molar-refractivity contribution in [2.24, 2.45) is 0 Å². The van der Waals surface area contributed by atoms with Gasteiger partial charge in [0.1, 0.15) is 0 Å². The van der Waals surface area contributed by atoms with Gasteiger partial charge in [-0.15, -0.1) is 11.3 Å². The Kier molecular flexibility index (Phi) is 4.13. The number of aromatic nitrogens is 1. The molecular formula is C11H12FN3O2S2. The van der Waals surface area contributed by atoms with Crippen LogP contribution in [-0.2, 0) is 16.6 Å². The second kappa shape index (κ2) is 5.64. The second-order valence-corrected chi connectivity index (χ2v) is 6.42. The summed E-state index contributed by atoms with van der Waals surface area (Å²) in [5.41, 5.74) is -0.114. The number of hydrogen-bond donors (Lipinski definition) is 2. The molecule has 0 atom stereocenters. The Hall–Kier alpha value is -1.51. The lowest BCUT2D eigenvalue weighted by Gasteiger charge is -2.06. The van der Waals surface area contributed by atoms with E-state index in [1.54, 1.807) is 13.1 Å². The molecule has 0 radical (unpaired) electrons. The number of sulfonamides is 1. The highest BCUT2D eigenvalue weighted by Crippen LogP contribution is 2.22. The molecule has 0 aromatic carbocycles. The maximum Gasteiger partial charge on any atom is 0.262 e. The molecule has 0 bridgehead atoms. The predicted octanol–water partition coefficient (Wildman–Crippen LogP) is 1.80. The Balaban J connectivity index is 2.25. The van der Waals surface area contributed by atoms with Crippen LogP contribution in [0.4, 0.5) is 10.1 Å². The van der Waals surface area contributed by atoms with Gasteiger partial charge in [-0.2, -0.15) is 0 Å². The van der Waals surface area contributed by atoms with Crippen molar-refractivity contribution in [3.63, 3.8) is 0 Å². The van der Waals surface area contributed by atoms with Crippen molar-refractivity contribution in [1.82, 2.24) is 10.3 Å². The van der Waals surface area contributed by atoms with E-state index >= 15 is 0 Å². The minimum atomic E-state index is -3.77. The maximum absolute atomic E-state index is 13.4. The fourth-order valence-corrected chi connectivity index (χ4v) is 3.78. The summed E-state index contributed by atoms with van der Waals surface area (Å²) < 4.78 is 39.7. The van der Waals surface area contributed by atoms with Crippen LogP contribution in [0.15, 0.2) is 34.8 Å². The van der Waals surface area contributed by atoms with Gasteiger partial charge < -0.3 is 5.32 Å². The van der Waals surface area contributed by atoms with Crippen LogP contribution in [0.25, 0.3) is 0 Å². The van der Waals surface area contributed by atoms with Gasteiger partial charge in [0.15, 0.2) is 5.82 Å². The monoisotopic (exact) mass is 301 g/mol. The van der Waals surface area contributed by atoms with Crippen molar-refractivity contribution >= 4 is 27.0 Å². The molecular weight excluding hydrogens is 289 g/mol. The van der Waals surface area contributed by atoms with Crippen LogP contribution in [0, 0.1) is 5.82 Å². The molecule has 0 aliphatic heterocycles. The van der Waals surface area contributed by atoms with Crippen LogP contribution >= 0.6 is 11.3 Å². The first-order valence-corrected chi connectivity index (χ1v) is 7.73. The Morgan fingerprint density at radius 2 is 2.26 bits per heavy atom. The zero-order valence-corrected chi connectivity index (χ0v) is 11.7. The van der Waals surface area contributed by atoms with Gasteiger partial charge in [-0.3, -0.25) is 9.71 Å². The molecule has 102 valence electrons. The fraction of sp³-hybridized carbons (Fsp3) is 0.182. The van der Waals surface area contributed by atoms with Crippen LogP contribution in [0.1, 0.15) is 4.88 Å². The van der Waals surface area contributed by atoms with Crippen molar-refractivity contribution in [3.8, 4) is 0 Å². The van der Waals surface area contributed by atoms with Crippen LogP contribution < -0.4 is 10.0 Å². The number of nitrogens with zero attached hydrogens (tertiary/aromatic N) is 1. The molecule has 0 saturated carbocycles. The lowest BCUT2D eigenvalue weighted by Crippen LogP contribution is -2.13. The molecule has 0 aliphatic carbocycles. The predicted molar refractivity (Wildman–Crippen MR) is 72.1 cm³/mol. The quantitative estimate of drug-likeness (QED) is 0.883. The lowest BCUT2D eigenvalue weighted by molar-refractivity contribution is 0.598. The van der Waals surface area contributed by atoms with Crippen LogP contribution in [0.2, 0.25) is 0 Å². The molecule has 0 unspecified atom stereocenters. The number of thiophene rings is 1. The van der Waals surface area contributed by atoms with Crippen LogP contribution in [0.5, 0.6) is 0 Å². The van der Waals surface area contributed by atoms with E-state index in [-0.39, 0.29) is 10.6 Å². The van der Waals surface area contributed by atoms with E-state index in [0.29, 0.717) is 6.54 Å². The Morgan fingerprint density at radius 3 is 2.95 bits per heavy atom. The highest BCUT2D eigenvalue weighted by molar-refractivity contribution is 7.92. The van der Waals surface area contributed by atoms with Gasteiger partial charge >= 0.3 is 0 Å². The van der Waals surface area contributed by atoms with E-state index < -0.39 is 15.8 Å². The molecule has 0 amide bonds. The fourth-order valence-electron chi connectivity index (χ4n) is 1.43. The topological polar surface area (TPSA) is 71.1 Å². The first kappa shape index (κ1) is 13.9. The molecule has 5 nitrogen and oxygen atoms in total. The van der Waals surface area contributed by atoms with E-state index in [4.69, 9.17) is 0 Å². The highest BCUT2D eigenvalue weighted by atomic mass is 32.2. The summed E-state index contributed by atoms with van der Waals surface area (Å²) in [6.45, 7) is 0.587. The third-order valence-corrected chi connectivity index (χ3v) is 4.74. The maximum atomic E-state index is 13.4. The number of halogens is 1. The largest absolute Gasteiger partial charge is 0.315 e. The summed E-state index contributed by atoms with van der Waals surface area (Å²) in [5, 5.41) is 4.46. The van der Waals surface area contributed by atoms with Crippen molar-refractivity contribution in [1.29, 1.82) is 0 Å². The standard InChI is InChI=1S/C11H12FN3O2S2/c1-13-5-8-4-9(7-18-8)19(16,17)15-11-2-3-14-6-10(11)12/h2-4,6-7,13H,5H2,1H3,(H,14,15). The zero-order chi connectivity index (χ0) is 13.9. The summed E-state index contributed by atoms with van der Waals surface area (Å²) >= 11 is 1.33. The molecule has 19 heavy (non-hydrogen) atoms. The number of hydrogen-bond acceptors (Lipinski definition) is 5. The normalized spacial score (nSPS) is 11.5. The Labute approximate surface area is 114 Å². The summed E-state index contributed by atoms with van der Waals surface area (Å²) in [6.07, 6.45) is 2.28. The van der Waals surface area contributed by atoms with Gasteiger partial charge in [-0.05, 0) is 19.2 Å². The van der Waals surface area contributed by atoms with E-state index in [1.165, 1.54) is 29.0 Å². The Morgan fingerprint density at radius 1 is 1.47 bits per heavy atom. The van der Waals surface area contributed by atoms with E-state index in [9.17, 15) is 12.8 Å². The second-order valence-electron chi connectivity index (χ2n) is 3.74. The highest BCUT2D eigenvalue weighted by Gasteiger charge is 2.17. The average Bonchev–Trinajstić information content (AvgIpc) is 2.82. The van der Waals surface area contributed by atoms with Crippen molar-refractivity contribution in [3.05, 3.63) is 40.6 Å². The van der Waals surface area contributed by atoms with Crippen LogP contribution in [0.3, 0.4) is 0 Å². The molecule has 2 N–H and O–H groups in total. The molecule has 2 heterocycles. The van der Waals surface area contributed by atoms with Gasteiger partial charge in [0, 0.05) is 23.0 Å².